The van der Waals surface area contributed by atoms with E-state index in [0.717, 1.165) is 0 Å². The molecule has 22 heavy (non-hydrogen) atoms. The molecule has 6 nitrogen and oxygen atoms in total. The Morgan fingerprint density at radius 2 is 2.09 bits per heavy atom. The molecule has 2 N–H and O–H groups in total. The first-order chi connectivity index (χ1) is 10.4. The number of aliphatic carboxylic acids is 1. The van der Waals surface area contributed by atoms with E-state index in [1.165, 1.54) is 4.90 Å². The zero-order chi connectivity index (χ0) is 16.3. The predicted molar refractivity (Wildman–Crippen MR) is 76.0 cm³/mol. The summed E-state index contributed by atoms with van der Waals surface area (Å²) in [7, 11) is 0. The Balaban J connectivity index is 1.77. The standard InChI is InChI=1S/C14H23F2N3O3/c1-2-18(8-12(20)21)10-6-9(7-10)17-14(22)19-5-3-4-11(19)13(15)16/h9-11,13H,2-8H2,1H3,(H,17,22)(H,20,21)/t9?,10?,11-/m1/s1. The van der Waals surface area contributed by atoms with Crippen LogP contribution in [0.25, 0.3) is 0 Å². The van der Waals surface area contributed by atoms with Gasteiger partial charge in [-0.3, -0.25) is 9.69 Å². The van der Waals surface area contributed by atoms with Crippen molar-refractivity contribution in [2.24, 2.45) is 0 Å². The average Bonchev–Trinajstić information content (AvgIpc) is 2.89. The van der Waals surface area contributed by atoms with E-state index < -0.39 is 24.5 Å². The van der Waals surface area contributed by atoms with Gasteiger partial charge < -0.3 is 15.3 Å². The molecular formula is C14H23F2N3O3. The number of likely N-dealkylation sites (tertiary alicyclic amines) is 1. The van der Waals surface area contributed by atoms with Crippen LogP contribution in [-0.2, 0) is 4.79 Å². The van der Waals surface area contributed by atoms with Crippen LogP contribution in [0.4, 0.5) is 13.6 Å². The molecule has 1 aliphatic carbocycles. The third-order valence-corrected chi connectivity index (χ3v) is 4.55. The molecule has 2 fully saturated rings. The minimum Gasteiger partial charge on any atom is -0.480 e. The monoisotopic (exact) mass is 319 g/mol. The minimum absolute atomic E-state index is 0.0125. The average molecular weight is 319 g/mol. The lowest BCUT2D eigenvalue weighted by atomic mass is 9.85. The van der Waals surface area contributed by atoms with E-state index in [2.05, 4.69) is 5.32 Å². The number of alkyl halides is 2. The summed E-state index contributed by atoms with van der Waals surface area (Å²) in [6.45, 7) is 2.89. The number of carboxylic acid groups (broad SMARTS) is 1. The van der Waals surface area contributed by atoms with E-state index in [1.807, 2.05) is 11.8 Å². The molecule has 1 heterocycles. The zero-order valence-corrected chi connectivity index (χ0v) is 12.7. The van der Waals surface area contributed by atoms with Gasteiger partial charge in [-0.25, -0.2) is 13.6 Å². The SMILES string of the molecule is CCN(CC(=O)O)C1CC(NC(=O)N2CCC[C@@H]2C(F)F)C1. The van der Waals surface area contributed by atoms with Crippen molar-refractivity contribution in [2.45, 2.75) is 57.2 Å². The van der Waals surface area contributed by atoms with Crippen LogP contribution >= 0.6 is 0 Å². The van der Waals surface area contributed by atoms with Crippen molar-refractivity contribution in [1.29, 1.82) is 0 Å². The molecule has 1 aliphatic heterocycles. The Morgan fingerprint density at radius 3 is 2.64 bits per heavy atom. The zero-order valence-electron chi connectivity index (χ0n) is 12.7. The summed E-state index contributed by atoms with van der Waals surface area (Å²) in [5.41, 5.74) is 0. The highest BCUT2D eigenvalue weighted by atomic mass is 19.3. The Hall–Kier alpha value is -1.44. The van der Waals surface area contributed by atoms with Crippen LogP contribution in [0.15, 0.2) is 0 Å². The third kappa shape index (κ3) is 3.85. The van der Waals surface area contributed by atoms with E-state index >= 15 is 0 Å². The summed E-state index contributed by atoms with van der Waals surface area (Å²) in [4.78, 5) is 25.9. The smallest absolute Gasteiger partial charge is 0.318 e. The Kier molecular flexibility index (Phi) is 5.55. The molecule has 1 atom stereocenters. The van der Waals surface area contributed by atoms with E-state index in [-0.39, 0.29) is 18.6 Å². The molecule has 2 aliphatic rings. The summed E-state index contributed by atoms with van der Waals surface area (Å²) in [5.74, 6) is -0.869. The highest BCUT2D eigenvalue weighted by Crippen LogP contribution is 2.27. The van der Waals surface area contributed by atoms with Crippen molar-refractivity contribution < 1.29 is 23.5 Å². The number of hydrogen-bond donors (Lipinski definition) is 2. The molecule has 2 rings (SSSR count). The van der Waals surface area contributed by atoms with Crippen LogP contribution in [0.1, 0.15) is 32.6 Å². The number of urea groups is 1. The number of carboxylic acids is 1. The number of carbonyl (C=O) groups is 2. The maximum Gasteiger partial charge on any atom is 0.318 e. The van der Waals surface area contributed by atoms with Gasteiger partial charge in [0.05, 0.1) is 12.6 Å². The quantitative estimate of drug-likeness (QED) is 0.775. The van der Waals surface area contributed by atoms with E-state index in [4.69, 9.17) is 5.11 Å². The molecule has 0 aromatic rings. The van der Waals surface area contributed by atoms with Gasteiger partial charge in [0, 0.05) is 18.6 Å². The van der Waals surface area contributed by atoms with Crippen LogP contribution in [0.5, 0.6) is 0 Å². The number of hydrogen-bond acceptors (Lipinski definition) is 3. The summed E-state index contributed by atoms with van der Waals surface area (Å²) >= 11 is 0. The third-order valence-electron chi connectivity index (χ3n) is 4.55. The van der Waals surface area contributed by atoms with Gasteiger partial charge in [0.1, 0.15) is 0 Å². The van der Waals surface area contributed by atoms with Gasteiger partial charge in [0.2, 0.25) is 0 Å². The topological polar surface area (TPSA) is 72.9 Å². The molecule has 0 aromatic carbocycles. The van der Waals surface area contributed by atoms with Gasteiger partial charge in [-0.05, 0) is 32.2 Å². The number of likely N-dealkylation sites (N-methyl/N-ethyl adjacent to an activating group) is 1. The molecule has 0 aromatic heterocycles. The number of nitrogens with zero attached hydrogens (tertiary/aromatic N) is 2. The first-order valence-electron chi connectivity index (χ1n) is 7.73. The largest absolute Gasteiger partial charge is 0.480 e. The summed E-state index contributed by atoms with van der Waals surface area (Å²) in [5, 5.41) is 11.6. The second-order valence-corrected chi connectivity index (χ2v) is 5.97. The number of halogens is 2. The van der Waals surface area contributed by atoms with Crippen molar-refractivity contribution in [3.05, 3.63) is 0 Å². The van der Waals surface area contributed by atoms with Crippen LogP contribution in [-0.4, -0.2) is 71.1 Å². The number of carbonyl (C=O) groups excluding carboxylic acids is 1. The fraction of sp³-hybridized carbons (Fsp3) is 0.857. The molecule has 2 amide bonds. The highest BCUT2D eigenvalue weighted by Gasteiger charge is 2.39. The number of rotatable bonds is 6. The predicted octanol–water partition coefficient (Wildman–Crippen LogP) is 1.36. The normalized spacial score (nSPS) is 28.0. The van der Waals surface area contributed by atoms with Crippen molar-refractivity contribution in [3.63, 3.8) is 0 Å². The lowest BCUT2D eigenvalue weighted by molar-refractivity contribution is -0.139. The highest BCUT2D eigenvalue weighted by molar-refractivity contribution is 5.75. The summed E-state index contributed by atoms with van der Waals surface area (Å²) in [6, 6.07) is -1.32. The van der Waals surface area contributed by atoms with Crippen molar-refractivity contribution in [2.75, 3.05) is 19.6 Å². The summed E-state index contributed by atoms with van der Waals surface area (Å²) in [6.07, 6.45) is -0.216. The minimum atomic E-state index is -2.51. The van der Waals surface area contributed by atoms with Crippen LogP contribution in [0, 0.1) is 0 Å². The van der Waals surface area contributed by atoms with Gasteiger partial charge in [0.15, 0.2) is 0 Å². The molecule has 0 spiro atoms. The molecule has 1 saturated carbocycles. The lowest BCUT2D eigenvalue weighted by Gasteiger charge is -2.42. The Morgan fingerprint density at radius 1 is 1.41 bits per heavy atom. The molecular weight excluding hydrogens is 296 g/mol. The number of nitrogens with one attached hydrogen (secondary N) is 1. The van der Waals surface area contributed by atoms with Crippen LogP contribution in [0.2, 0.25) is 0 Å². The molecule has 126 valence electrons. The van der Waals surface area contributed by atoms with E-state index in [0.29, 0.717) is 38.8 Å². The fourth-order valence-electron chi connectivity index (χ4n) is 3.24. The molecule has 0 radical (unpaired) electrons. The Bertz CT molecular complexity index is 416. The maximum absolute atomic E-state index is 12.8. The van der Waals surface area contributed by atoms with Crippen molar-refractivity contribution >= 4 is 12.0 Å². The lowest BCUT2D eigenvalue weighted by Crippen LogP contribution is -2.57. The first-order valence-corrected chi connectivity index (χ1v) is 7.73. The Labute approximate surface area is 128 Å². The second kappa shape index (κ2) is 7.21. The molecule has 1 saturated heterocycles. The van der Waals surface area contributed by atoms with Gasteiger partial charge in [-0.2, -0.15) is 0 Å². The van der Waals surface area contributed by atoms with Gasteiger partial charge in [0.25, 0.3) is 6.43 Å². The molecule has 0 unspecified atom stereocenters. The van der Waals surface area contributed by atoms with E-state index in [9.17, 15) is 18.4 Å². The van der Waals surface area contributed by atoms with Gasteiger partial charge >= 0.3 is 12.0 Å². The molecule has 8 heteroatoms. The maximum atomic E-state index is 12.8. The number of amides is 2. The van der Waals surface area contributed by atoms with Crippen molar-refractivity contribution in [1.82, 2.24) is 15.1 Å². The van der Waals surface area contributed by atoms with Gasteiger partial charge in [-0.15, -0.1) is 0 Å². The van der Waals surface area contributed by atoms with Gasteiger partial charge in [-0.1, -0.05) is 6.92 Å². The first kappa shape index (κ1) is 16.9. The van der Waals surface area contributed by atoms with E-state index in [1.54, 1.807) is 0 Å². The van der Waals surface area contributed by atoms with Crippen molar-refractivity contribution in [3.8, 4) is 0 Å². The fourth-order valence-corrected chi connectivity index (χ4v) is 3.24. The molecule has 0 bridgehead atoms. The summed E-state index contributed by atoms with van der Waals surface area (Å²) < 4.78 is 25.7. The van der Waals surface area contributed by atoms with Crippen LogP contribution in [0.3, 0.4) is 0 Å². The van der Waals surface area contributed by atoms with Crippen LogP contribution < -0.4 is 5.32 Å². The second-order valence-electron chi connectivity index (χ2n) is 5.97.